The van der Waals surface area contributed by atoms with Crippen LogP contribution in [0.15, 0.2) is 0 Å². The molecule has 2 aliphatic rings. The van der Waals surface area contributed by atoms with Crippen LogP contribution in [0.4, 0.5) is 0 Å². The van der Waals surface area contributed by atoms with Crippen molar-refractivity contribution in [3.05, 3.63) is 0 Å². The Labute approximate surface area is 93.8 Å². The molecule has 1 saturated carbocycles. The van der Waals surface area contributed by atoms with E-state index in [1.165, 1.54) is 39.0 Å². The lowest BCUT2D eigenvalue weighted by Gasteiger charge is -2.39. The molecule has 1 aliphatic heterocycles. The number of hydrogen-bond acceptors (Lipinski definition) is 3. The monoisotopic (exact) mass is 211 g/mol. The summed E-state index contributed by atoms with van der Waals surface area (Å²) < 4.78 is 0. The van der Waals surface area contributed by atoms with Gasteiger partial charge in [0.15, 0.2) is 0 Å². The van der Waals surface area contributed by atoms with E-state index in [1.54, 1.807) is 0 Å². The van der Waals surface area contributed by atoms with E-state index in [9.17, 15) is 0 Å². The van der Waals surface area contributed by atoms with Gasteiger partial charge in [-0.25, -0.2) is 0 Å². The highest BCUT2D eigenvalue weighted by Gasteiger charge is 2.28. The average molecular weight is 211 g/mol. The van der Waals surface area contributed by atoms with Gasteiger partial charge in [-0.2, -0.15) is 0 Å². The summed E-state index contributed by atoms with van der Waals surface area (Å²) in [5.41, 5.74) is 0. The Morgan fingerprint density at radius 3 is 2.20 bits per heavy atom. The molecule has 1 N–H and O–H groups in total. The van der Waals surface area contributed by atoms with Gasteiger partial charge in [0.25, 0.3) is 0 Å². The van der Waals surface area contributed by atoms with Crippen LogP contribution in [-0.4, -0.2) is 61.2 Å². The Morgan fingerprint density at radius 2 is 1.67 bits per heavy atom. The van der Waals surface area contributed by atoms with Crippen molar-refractivity contribution in [2.24, 2.45) is 0 Å². The first-order valence-corrected chi connectivity index (χ1v) is 6.35. The fourth-order valence-corrected chi connectivity index (χ4v) is 2.31. The zero-order chi connectivity index (χ0) is 10.8. The van der Waals surface area contributed by atoms with Crippen LogP contribution >= 0.6 is 0 Å². The number of likely N-dealkylation sites (N-methyl/N-ethyl adjacent to an activating group) is 1. The van der Waals surface area contributed by atoms with E-state index in [0.29, 0.717) is 12.1 Å². The molecule has 0 aromatic heterocycles. The second-order valence-corrected chi connectivity index (χ2v) is 5.31. The van der Waals surface area contributed by atoms with Gasteiger partial charge in [-0.3, -0.25) is 4.90 Å². The highest BCUT2D eigenvalue weighted by molar-refractivity contribution is 4.88. The molecule has 0 aromatic rings. The summed E-state index contributed by atoms with van der Waals surface area (Å²) in [5.74, 6) is 0. The van der Waals surface area contributed by atoms with E-state index in [-0.39, 0.29) is 0 Å². The zero-order valence-corrected chi connectivity index (χ0v) is 10.4. The van der Waals surface area contributed by atoms with Crippen LogP contribution in [0.3, 0.4) is 0 Å². The number of rotatable bonds is 4. The molecule has 2 atom stereocenters. The molecule has 2 rings (SSSR count). The van der Waals surface area contributed by atoms with Crippen LogP contribution in [0.1, 0.15) is 26.7 Å². The topological polar surface area (TPSA) is 18.5 Å². The van der Waals surface area contributed by atoms with E-state index in [1.807, 2.05) is 0 Å². The summed E-state index contributed by atoms with van der Waals surface area (Å²) in [6.07, 6.45) is 2.78. The maximum atomic E-state index is 3.71. The van der Waals surface area contributed by atoms with Crippen LogP contribution < -0.4 is 5.32 Å². The molecule has 88 valence electrons. The lowest BCUT2D eigenvalue weighted by atomic mass is 10.1. The molecule has 0 aromatic carbocycles. The first-order chi connectivity index (χ1) is 7.16. The molecule has 2 unspecified atom stereocenters. The normalized spacial score (nSPS) is 29.0. The van der Waals surface area contributed by atoms with Gasteiger partial charge in [-0.05, 0) is 33.7 Å². The van der Waals surface area contributed by atoms with Gasteiger partial charge in [0.2, 0.25) is 0 Å². The quantitative estimate of drug-likeness (QED) is 0.741. The fourth-order valence-electron chi connectivity index (χ4n) is 2.31. The van der Waals surface area contributed by atoms with E-state index in [4.69, 9.17) is 0 Å². The molecule has 15 heavy (non-hydrogen) atoms. The molecule has 1 heterocycles. The smallest absolute Gasteiger partial charge is 0.0219 e. The standard InChI is InChI=1S/C12H25N3/c1-10(13-12-4-5-12)11(2)15-8-6-14(3)7-9-15/h10-13H,4-9H2,1-3H3. The van der Waals surface area contributed by atoms with Crippen molar-refractivity contribution < 1.29 is 0 Å². The molecular formula is C12H25N3. The lowest BCUT2D eigenvalue weighted by Crippen LogP contribution is -2.54. The molecular weight excluding hydrogens is 186 g/mol. The maximum absolute atomic E-state index is 3.71. The van der Waals surface area contributed by atoms with Crippen LogP contribution in [0.5, 0.6) is 0 Å². The van der Waals surface area contributed by atoms with Crippen molar-refractivity contribution in [3.63, 3.8) is 0 Å². The molecule has 0 radical (unpaired) electrons. The molecule has 3 nitrogen and oxygen atoms in total. The first kappa shape index (κ1) is 11.4. The maximum Gasteiger partial charge on any atom is 0.0219 e. The van der Waals surface area contributed by atoms with Gasteiger partial charge >= 0.3 is 0 Å². The third-order valence-corrected chi connectivity index (χ3v) is 3.91. The fraction of sp³-hybridized carbons (Fsp3) is 1.00. The van der Waals surface area contributed by atoms with Crippen molar-refractivity contribution in [3.8, 4) is 0 Å². The predicted molar refractivity (Wildman–Crippen MR) is 64.2 cm³/mol. The molecule has 0 spiro atoms. The largest absolute Gasteiger partial charge is 0.310 e. The summed E-state index contributed by atoms with van der Waals surface area (Å²) in [7, 11) is 2.22. The first-order valence-electron chi connectivity index (χ1n) is 6.35. The summed E-state index contributed by atoms with van der Waals surface area (Å²) in [5, 5.41) is 3.71. The minimum atomic E-state index is 0.640. The van der Waals surface area contributed by atoms with Crippen molar-refractivity contribution in [1.29, 1.82) is 0 Å². The number of hydrogen-bond donors (Lipinski definition) is 1. The van der Waals surface area contributed by atoms with Crippen molar-refractivity contribution >= 4 is 0 Å². The summed E-state index contributed by atoms with van der Waals surface area (Å²) in [6, 6.07) is 2.15. The number of nitrogens with one attached hydrogen (secondary N) is 1. The second-order valence-electron chi connectivity index (χ2n) is 5.31. The molecule has 1 aliphatic carbocycles. The molecule has 0 bridgehead atoms. The van der Waals surface area contributed by atoms with Gasteiger partial charge in [0.05, 0.1) is 0 Å². The van der Waals surface area contributed by atoms with Crippen LogP contribution in [-0.2, 0) is 0 Å². The minimum absolute atomic E-state index is 0.640. The Kier molecular flexibility index (Phi) is 3.65. The van der Waals surface area contributed by atoms with E-state index in [0.717, 1.165) is 6.04 Å². The Hall–Kier alpha value is -0.120. The molecule has 3 heteroatoms. The average Bonchev–Trinajstić information content (AvgIpc) is 3.02. The van der Waals surface area contributed by atoms with Gasteiger partial charge < -0.3 is 10.2 Å². The van der Waals surface area contributed by atoms with Crippen LogP contribution in [0.2, 0.25) is 0 Å². The predicted octanol–water partition coefficient (Wildman–Crippen LogP) is 0.763. The van der Waals surface area contributed by atoms with Gasteiger partial charge in [-0.1, -0.05) is 0 Å². The summed E-state index contributed by atoms with van der Waals surface area (Å²) in [6.45, 7) is 9.61. The third kappa shape index (κ3) is 3.16. The summed E-state index contributed by atoms with van der Waals surface area (Å²) in [4.78, 5) is 5.04. The van der Waals surface area contributed by atoms with Gasteiger partial charge in [-0.15, -0.1) is 0 Å². The number of nitrogens with zero attached hydrogens (tertiary/aromatic N) is 2. The lowest BCUT2D eigenvalue weighted by molar-refractivity contribution is 0.102. The molecule has 1 saturated heterocycles. The van der Waals surface area contributed by atoms with Crippen molar-refractivity contribution in [1.82, 2.24) is 15.1 Å². The van der Waals surface area contributed by atoms with Crippen LogP contribution in [0, 0.1) is 0 Å². The van der Waals surface area contributed by atoms with Gasteiger partial charge in [0, 0.05) is 44.3 Å². The van der Waals surface area contributed by atoms with E-state index in [2.05, 4.69) is 36.0 Å². The van der Waals surface area contributed by atoms with E-state index >= 15 is 0 Å². The van der Waals surface area contributed by atoms with Crippen molar-refractivity contribution in [2.75, 3.05) is 33.2 Å². The minimum Gasteiger partial charge on any atom is -0.310 e. The summed E-state index contributed by atoms with van der Waals surface area (Å²) >= 11 is 0. The highest BCUT2D eigenvalue weighted by atomic mass is 15.3. The van der Waals surface area contributed by atoms with E-state index < -0.39 is 0 Å². The van der Waals surface area contributed by atoms with Crippen LogP contribution in [0.25, 0.3) is 0 Å². The Bertz CT molecular complexity index is 195. The highest BCUT2D eigenvalue weighted by Crippen LogP contribution is 2.20. The molecule has 0 amide bonds. The second kappa shape index (κ2) is 4.81. The third-order valence-electron chi connectivity index (χ3n) is 3.91. The van der Waals surface area contributed by atoms with Crippen molar-refractivity contribution in [2.45, 2.75) is 44.8 Å². The Balaban J connectivity index is 1.75. The van der Waals surface area contributed by atoms with Gasteiger partial charge in [0.1, 0.15) is 0 Å². The zero-order valence-electron chi connectivity index (χ0n) is 10.4. The number of piperazine rings is 1. The molecule has 2 fully saturated rings. The Morgan fingerprint density at radius 1 is 1.07 bits per heavy atom. The SMILES string of the molecule is CC(NC1CC1)C(C)N1CCN(C)CC1.